The molecule has 0 saturated carbocycles. The van der Waals surface area contributed by atoms with E-state index in [1.165, 1.54) is 7.11 Å². The fraction of sp³-hybridized carbons (Fsp3) is 0.733. The summed E-state index contributed by atoms with van der Waals surface area (Å²) < 4.78 is 10.0. The van der Waals surface area contributed by atoms with E-state index in [2.05, 4.69) is 19.6 Å². The first kappa shape index (κ1) is 19.7. The quantitative estimate of drug-likeness (QED) is 0.558. The second-order valence-electron chi connectivity index (χ2n) is 6.65. The summed E-state index contributed by atoms with van der Waals surface area (Å²) in [5.41, 5.74) is 1.97. The molecule has 0 aromatic rings. The SMILES string of the molecule is COC(=O)C(/C=C/[Si](C)(C)C)OC(=O)N(C(C)C)C(C)C. The third-order valence-corrected chi connectivity index (χ3v) is 3.95. The molecule has 21 heavy (non-hydrogen) atoms. The first-order chi connectivity index (χ1) is 9.49. The van der Waals surface area contributed by atoms with E-state index in [1.807, 2.05) is 33.4 Å². The molecule has 1 unspecified atom stereocenters. The average molecular weight is 315 g/mol. The molecule has 0 aromatic carbocycles. The molecule has 0 aliphatic carbocycles. The van der Waals surface area contributed by atoms with Crippen LogP contribution < -0.4 is 0 Å². The van der Waals surface area contributed by atoms with Crippen LogP contribution in [0.1, 0.15) is 27.7 Å². The summed E-state index contributed by atoms with van der Waals surface area (Å²) >= 11 is 0. The molecule has 1 amide bonds. The monoisotopic (exact) mass is 315 g/mol. The highest BCUT2D eigenvalue weighted by atomic mass is 28.3. The minimum absolute atomic E-state index is 0.00299. The number of hydrogen-bond acceptors (Lipinski definition) is 4. The number of esters is 1. The van der Waals surface area contributed by atoms with Crippen LogP contribution >= 0.6 is 0 Å². The molecule has 0 spiro atoms. The molecule has 6 heteroatoms. The van der Waals surface area contributed by atoms with Crippen LogP contribution in [0.3, 0.4) is 0 Å². The van der Waals surface area contributed by atoms with Gasteiger partial charge in [0.25, 0.3) is 0 Å². The number of carbonyl (C=O) groups is 2. The molecule has 1 atom stereocenters. The first-order valence-electron chi connectivity index (χ1n) is 7.25. The van der Waals surface area contributed by atoms with Gasteiger partial charge < -0.3 is 14.4 Å². The highest BCUT2D eigenvalue weighted by Gasteiger charge is 2.28. The number of hydrogen-bond donors (Lipinski definition) is 0. The third-order valence-electron chi connectivity index (χ3n) is 2.76. The van der Waals surface area contributed by atoms with Crippen LogP contribution in [-0.4, -0.2) is 50.3 Å². The van der Waals surface area contributed by atoms with Crippen LogP contribution in [0.5, 0.6) is 0 Å². The highest BCUT2D eigenvalue weighted by molar-refractivity contribution is 6.80. The molecule has 0 fully saturated rings. The topological polar surface area (TPSA) is 55.8 Å². The van der Waals surface area contributed by atoms with E-state index < -0.39 is 26.2 Å². The van der Waals surface area contributed by atoms with Crippen molar-refractivity contribution in [1.29, 1.82) is 0 Å². The van der Waals surface area contributed by atoms with Gasteiger partial charge in [0.2, 0.25) is 6.10 Å². The molecule has 0 aliphatic rings. The minimum atomic E-state index is -1.49. The Bertz CT molecular complexity index is 378. The zero-order chi connectivity index (χ0) is 16.8. The smallest absolute Gasteiger partial charge is 0.411 e. The van der Waals surface area contributed by atoms with Gasteiger partial charge in [0.15, 0.2) is 0 Å². The molecule has 0 aromatic heterocycles. The van der Waals surface area contributed by atoms with E-state index in [1.54, 1.807) is 11.0 Å². The maximum Gasteiger partial charge on any atom is 0.411 e. The van der Waals surface area contributed by atoms with E-state index in [9.17, 15) is 9.59 Å². The zero-order valence-electron chi connectivity index (χ0n) is 14.5. The van der Waals surface area contributed by atoms with Crippen molar-refractivity contribution in [3.05, 3.63) is 11.8 Å². The summed E-state index contributed by atoms with van der Waals surface area (Å²) in [5, 5.41) is 0. The Morgan fingerprint density at radius 1 is 1.05 bits per heavy atom. The summed E-state index contributed by atoms with van der Waals surface area (Å²) in [6.07, 6.45) is 0.138. The maximum absolute atomic E-state index is 12.3. The molecule has 0 bridgehead atoms. The lowest BCUT2D eigenvalue weighted by Crippen LogP contribution is -2.44. The van der Waals surface area contributed by atoms with Crippen molar-refractivity contribution in [2.75, 3.05) is 7.11 Å². The van der Waals surface area contributed by atoms with E-state index in [4.69, 9.17) is 9.47 Å². The largest absolute Gasteiger partial charge is 0.466 e. The number of rotatable bonds is 6. The fourth-order valence-electron chi connectivity index (χ4n) is 1.85. The molecule has 0 heterocycles. The summed E-state index contributed by atoms with van der Waals surface area (Å²) in [7, 11) is -0.208. The summed E-state index contributed by atoms with van der Waals surface area (Å²) in [4.78, 5) is 25.6. The molecule has 0 aliphatic heterocycles. The van der Waals surface area contributed by atoms with Crippen molar-refractivity contribution in [2.45, 2.75) is 65.5 Å². The van der Waals surface area contributed by atoms with Gasteiger partial charge >= 0.3 is 12.1 Å². The molecule has 0 N–H and O–H groups in total. The summed E-state index contributed by atoms with van der Waals surface area (Å²) in [5.74, 6) is -0.565. The third kappa shape index (κ3) is 7.31. The lowest BCUT2D eigenvalue weighted by atomic mass is 10.2. The van der Waals surface area contributed by atoms with Gasteiger partial charge in [-0.1, -0.05) is 25.3 Å². The molecule has 5 nitrogen and oxygen atoms in total. The number of ether oxygens (including phenoxy) is 2. The predicted octanol–water partition coefficient (Wildman–Crippen LogP) is 3.22. The number of nitrogens with zero attached hydrogens (tertiary/aromatic N) is 1. The van der Waals surface area contributed by atoms with Crippen LogP contribution in [0.15, 0.2) is 11.8 Å². The molecule has 0 radical (unpaired) electrons. The Morgan fingerprint density at radius 2 is 1.52 bits per heavy atom. The van der Waals surface area contributed by atoms with Gasteiger partial charge in [-0.25, -0.2) is 9.59 Å². The molecular formula is C15H29NO4Si. The van der Waals surface area contributed by atoms with Crippen LogP contribution in [0.2, 0.25) is 19.6 Å². The molecule has 122 valence electrons. The van der Waals surface area contributed by atoms with Gasteiger partial charge in [-0.15, -0.1) is 0 Å². The average Bonchev–Trinajstić information content (AvgIpc) is 2.31. The Kier molecular flexibility index (Phi) is 7.71. The maximum atomic E-state index is 12.3. The van der Waals surface area contributed by atoms with E-state index in [0.29, 0.717) is 0 Å². The number of amides is 1. The molecular weight excluding hydrogens is 286 g/mol. The number of methoxy groups -OCH3 is 1. The minimum Gasteiger partial charge on any atom is -0.466 e. The van der Waals surface area contributed by atoms with E-state index >= 15 is 0 Å². The second-order valence-corrected chi connectivity index (χ2v) is 11.7. The Morgan fingerprint density at radius 3 is 1.86 bits per heavy atom. The van der Waals surface area contributed by atoms with Gasteiger partial charge in [-0.05, 0) is 33.8 Å². The standard InChI is InChI=1S/C15H29NO4Si/c1-11(2)16(12(3)4)15(18)20-13(14(17)19-5)9-10-21(6,7)8/h9-13H,1-8H3/b10-9+. The Hall–Kier alpha value is -1.30. The van der Waals surface area contributed by atoms with Crippen LogP contribution in [-0.2, 0) is 14.3 Å². The normalized spacial score (nSPS) is 13.6. The van der Waals surface area contributed by atoms with Gasteiger partial charge in [0.1, 0.15) is 0 Å². The van der Waals surface area contributed by atoms with Crippen molar-refractivity contribution in [1.82, 2.24) is 4.90 Å². The lowest BCUT2D eigenvalue weighted by molar-refractivity contribution is -0.148. The van der Waals surface area contributed by atoms with Crippen molar-refractivity contribution in [3.63, 3.8) is 0 Å². The van der Waals surface area contributed by atoms with Gasteiger partial charge in [-0.3, -0.25) is 0 Å². The highest BCUT2D eigenvalue weighted by Crippen LogP contribution is 2.12. The lowest BCUT2D eigenvalue weighted by Gasteiger charge is -2.30. The van der Waals surface area contributed by atoms with Crippen LogP contribution in [0.25, 0.3) is 0 Å². The van der Waals surface area contributed by atoms with Crippen molar-refractivity contribution in [2.24, 2.45) is 0 Å². The molecule has 0 saturated heterocycles. The molecule has 0 rings (SSSR count). The second kappa shape index (κ2) is 8.22. The van der Waals surface area contributed by atoms with Gasteiger partial charge in [0, 0.05) is 12.1 Å². The van der Waals surface area contributed by atoms with E-state index in [0.717, 1.165) is 0 Å². The fourth-order valence-corrected chi connectivity index (χ4v) is 2.60. The number of carbonyl (C=O) groups excluding carboxylic acids is 2. The first-order valence-corrected chi connectivity index (χ1v) is 10.8. The zero-order valence-corrected chi connectivity index (χ0v) is 15.5. The summed E-state index contributed by atoms with van der Waals surface area (Å²) in [6.45, 7) is 14.0. The van der Waals surface area contributed by atoms with Crippen molar-refractivity contribution in [3.8, 4) is 0 Å². The van der Waals surface area contributed by atoms with Gasteiger partial charge in [0.05, 0.1) is 15.2 Å². The predicted molar refractivity (Wildman–Crippen MR) is 86.9 cm³/mol. The Labute approximate surface area is 129 Å². The Balaban J connectivity index is 5.09. The summed E-state index contributed by atoms with van der Waals surface area (Å²) in [6, 6.07) is -0.00599. The van der Waals surface area contributed by atoms with E-state index in [-0.39, 0.29) is 12.1 Å². The van der Waals surface area contributed by atoms with Crippen LogP contribution in [0.4, 0.5) is 4.79 Å². The van der Waals surface area contributed by atoms with Gasteiger partial charge in [-0.2, -0.15) is 0 Å². The van der Waals surface area contributed by atoms with Crippen molar-refractivity contribution >= 4 is 20.1 Å². The van der Waals surface area contributed by atoms with Crippen LogP contribution in [0, 0.1) is 0 Å². The van der Waals surface area contributed by atoms with Crippen molar-refractivity contribution < 1.29 is 19.1 Å².